The molecule has 1 aliphatic carbocycles. The number of carbonyl (C=O) groups excluding carboxylic acids is 3. The molecule has 1 amide bonds. The summed E-state index contributed by atoms with van der Waals surface area (Å²) >= 11 is 12.5. The molecular formula is C25H21Cl2N3O4. The van der Waals surface area contributed by atoms with Gasteiger partial charge in [0, 0.05) is 39.0 Å². The van der Waals surface area contributed by atoms with E-state index in [9.17, 15) is 14.4 Å². The zero-order valence-corrected chi connectivity index (χ0v) is 19.8. The quantitative estimate of drug-likeness (QED) is 0.607. The lowest BCUT2D eigenvalue weighted by molar-refractivity contribution is -0.140. The van der Waals surface area contributed by atoms with E-state index in [0.29, 0.717) is 45.5 Å². The Balaban J connectivity index is 1.90. The number of rotatable bonds is 3. The first kappa shape index (κ1) is 22.5. The van der Waals surface area contributed by atoms with E-state index >= 15 is 0 Å². The van der Waals surface area contributed by atoms with Gasteiger partial charge in [-0.1, -0.05) is 41.4 Å². The number of fused-ring (bicyclic) bond motifs is 3. The molecule has 2 heterocycles. The van der Waals surface area contributed by atoms with Crippen molar-refractivity contribution in [1.82, 2.24) is 0 Å². The van der Waals surface area contributed by atoms with Crippen LogP contribution in [0.1, 0.15) is 31.7 Å². The second-order valence-electron chi connectivity index (χ2n) is 8.29. The summed E-state index contributed by atoms with van der Waals surface area (Å²) in [5, 5.41) is 3.57. The minimum absolute atomic E-state index is 0.00270. The standard InChI is InChI=1S/C25H21Cl2N3O4/c1-2-34-23(32)21-22(28)30(15-11-13(26)10-14(27)12-15)18-8-5-9-19(31)20(18)25(21)16-6-3-4-7-17(16)29-24(25)33/h3-4,6-7,10-12H,2,5,8-9,28H2,1H3,(H,29,33). The van der Waals surface area contributed by atoms with Gasteiger partial charge in [0.05, 0.1) is 12.3 Å². The van der Waals surface area contributed by atoms with Gasteiger partial charge in [-0.15, -0.1) is 0 Å². The van der Waals surface area contributed by atoms with Gasteiger partial charge >= 0.3 is 5.97 Å². The first-order chi connectivity index (χ1) is 16.3. The first-order valence-electron chi connectivity index (χ1n) is 10.9. The molecule has 3 aliphatic rings. The zero-order chi connectivity index (χ0) is 24.2. The molecule has 7 nitrogen and oxygen atoms in total. The Bertz CT molecular complexity index is 1310. The number of allylic oxidation sites excluding steroid dienone is 1. The van der Waals surface area contributed by atoms with Gasteiger partial charge in [-0.05, 0) is 44.0 Å². The maximum absolute atomic E-state index is 13.8. The van der Waals surface area contributed by atoms with Crippen LogP contribution in [-0.2, 0) is 24.5 Å². The summed E-state index contributed by atoms with van der Waals surface area (Å²) in [4.78, 5) is 42.4. The highest BCUT2D eigenvalue weighted by molar-refractivity contribution is 6.35. The molecule has 0 radical (unpaired) electrons. The van der Waals surface area contributed by atoms with Crippen LogP contribution in [0, 0.1) is 0 Å². The number of nitrogens with two attached hydrogens (primary N) is 1. The summed E-state index contributed by atoms with van der Waals surface area (Å²) in [6.45, 7) is 1.73. The molecule has 1 unspecified atom stereocenters. The molecule has 1 spiro atoms. The number of carbonyl (C=O) groups is 3. The number of esters is 1. The van der Waals surface area contributed by atoms with E-state index in [1.54, 1.807) is 54.3 Å². The molecule has 0 saturated heterocycles. The van der Waals surface area contributed by atoms with E-state index in [1.165, 1.54) is 0 Å². The smallest absolute Gasteiger partial charge is 0.339 e. The number of amides is 1. The number of hydrogen-bond acceptors (Lipinski definition) is 6. The Hall–Kier alpha value is -3.29. The first-order valence-corrected chi connectivity index (χ1v) is 11.7. The molecule has 5 rings (SSSR count). The van der Waals surface area contributed by atoms with Crippen LogP contribution in [-0.4, -0.2) is 24.3 Å². The van der Waals surface area contributed by atoms with Gasteiger partial charge in [0.25, 0.3) is 0 Å². The number of nitrogens with zero attached hydrogens (tertiary/aromatic N) is 1. The van der Waals surface area contributed by atoms with Crippen LogP contribution in [0.5, 0.6) is 0 Å². The number of halogens is 2. The van der Waals surface area contributed by atoms with Crippen molar-refractivity contribution >= 4 is 52.2 Å². The molecule has 3 N–H and O–H groups in total. The van der Waals surface area contributed by atoms with E-state index in [-0.39, 0.29) is 35.8 Å². The van der Waals surface area contributed by atoms with E-state index in [2.05, 4.69) is 5.32 Å². The Morgan fingerprint density at radius 2 is 1.85 bits per heavy atom. The van der Waals surface area contributed by atoms with Crippen molar-refractivity contribution in [3.05, 3.63) is 80.7 Å². The average Bonchev–Trinajstić information content (AvgIpc) is 3.05. The summed E-state index contributed by atoms with van der Waals surface area (Å²) in [6.07, 6.45) is 1.29. The molecular weight excluding hydrogens is 477 g/mol. The molecule has 2 aliphatic heterocycles. The lowest BCUT2D eigenvalue weighted by Gasteiger charge is -2.44. The number of nitrogens with one attached hydrogen (secondary N) is 1. The number of hydrogen-bond donors (Lipinski definition) is 2. The summed E-state index contributed by atoms with van der Waals surface area (Å²) in [5.74, 6) is -1.50. The maximum Gasteiger partial charge on any atom is 0.339 e. The van der Waals surface area contributed by atoms with Gasteiger partial charge in [0.1, 0.15) is 16.8 Å². The fraction of sp³-hybridized carbons (Fsp3) is 0.240. The Labute approximate surface area is 206 Å². The van der Waals surface area contributed by atoms with E-state index in [4.69, 9.17) is 33.7 Å². The van der Waals surface area contributed by atoms with Gasteiger partial charge in [-0.2, -0.15) is 0 Å². The average molecular weight is 498 g/mol. The molecule has 9 heteroatoms. The molecule has 34 heavy (non-hydrogen) atoms. The van der Waals surface area contributed by atoms with Crippen LogP contribution in [0.4, 0.5) is 11.4 Å². The fourth-order valence-electron chi connectivity index (χ4n) is 5.23. The third kappa shape index (κ3) is 3.07. The number of para-hydroxylation sites is 1. The predicted molar refractivity (Wildman–Crippen MR) is 129 cm³/mol. The SMILES string of the molecule is CCOC(=O)C1=C(N)N(c2cc(Cl)cc(Cl)c2)C2=C(C(=O)CCC2)C12C(=O)Nc1ccccc12. The fourth-order valence-corrected chi connectivity index (χ4v) is 5.74. The number of ketones is 1. The highest BCUT2D eigenvalue weighted by atomic mass is 35.5. The third-order valence-corrected chi connectivity index (χ3v) is 6.84. The molecule has 0 fully saturated rings. The van der Waals surface area contributed by atoms with E-state index < -0.39 is 17.3 Å². The van der Waals surface area contributed by atoms with Gasteiger partial charge in [-0.25, -0.2) is 4.79 Å². The predicted octanol–water partition coefficient (Wildman–Crippen LogP) is 4.44. The molecule has 0 bridgehead atoms. The van der Waals surface area contributed by atoms with Crippen molar-refractivity contribution < 1.29 is 19.1 Å². The number of Topliss-reactive ketones (excluding diaryl/α,β-unsaturated/α-hetero) is 1. The number of anilines is 2. The van der Waals surface area contributed by atoms with Gasteiger partial charge in [-0.3, -0.25) is 14.5 Å². The van der Waals surface area contributed by atoms with Gasteiger partial charge < -0.3 is 15.8 Å². The van der Waals surface area contributed by atoms with Crippen LogP contribution in [0.3, 0.4) is 0 Å². The van der Waals surface area contributed by atoms with Crippen molar-refractivity contribution in [3.63, 3.8) is 0 Å². The molecule has 2 aromatic carbocycles. The second kappa shape index (κ2) is 8.18. The van der Waals surface area contributed by atoms with E-state index in [1.807, 2.05) is 0 Å². The largest absolute Gasteiger partial charge is 0.462 e. The molecule has 2 aromatic rings. The topological polar surface area (TPSA) is 102 Å². The lowest BCUT2D eigenvalue weighted by Crippen LogP contribution is -2.53. The zero-order valence-electron chi connectivity index (χ0n) is 18.3. The Kier molecular flexibility index (Phi) is 5.41. The highest BCUT2D eigenvalue weighted by Crippen LogP contribution is 2.55. The van der Waals surface area contributed by atoms with E-state index in [0.717, 1.165) is 0 Å². The van der Waals surface area contributed by atoms with Crippen molar-refractivity contribution in [3.8, 4) is 0 Å². The van der Waals surface area contributed by atoms with Crippen LogP contribution >= 0.6 is 23.2 Å². The summed E-state index contributed by atoms with van der Waals surface area (Å²) < 4.78 is 5.38. The third-order valence-electron chi connectivity index (χ3n) is 6.41. The minimum Gasteiger partial charge on any atom is -0.462 e. The van der Waals surface area contributed by atoms with Crippen LogP contribution in [0.25, 0.3) is 0 Å². The van der Waals surface area contributed by atoms with Crippen molar-refractivity contribution in [1.29, 1.82) is 0 Å². The van der Waals surface area contributed by atoms with Crippen LogP contribution in [0.2, 0.25) is 10.0 Å². The highest BCUT2D eigenvalue weighted by Gasteiger charge is 2.61. The molecule has 174 valence electrons. The maximum atomic E-state index is 13.8. The van der Waals surface area contributed by atoms with Crippen LogP contribution in [0.15, 0.2) is 65.1 Å². The Morgan fingerprint density at radius 3 is 2.56 bits per heavy atom. The second-order valence-corrected chi connectivity index (χ2v) is 9.16. The molecule has 1 atom stereocenters. The lowest BCUT2D eigenvalue weighted by atomic mass is 9.63. The Morgan fingerprint density at radius 1 is 1.15 bits per heavy atom. The summed E-state index contributed by atoms with van der Waals surface area (Å²) in [7, 11) is 0. The number of ether oxygens (including phenoxy) is 1. The summed E-state index contributed by atoms with van der Waals surface area (Å²) in [5.41, 5.74) is 7.18. The minimum atomic E-state index is -1.71. The van der Waals surface area contributed by atoms with Gasteiger partial charge in [0.2, 0.25) is 5.91 Å². The van der Waals surface area contributed by atoms with Crippen LogP contribution < -0.4 is 16.0 Å². The molecule has 0 saturated carbocycles. The van der Waals surface area contributed by atoms with Crippen molar-refractivity contribution in [2.75, 3.05) is 16.8 Å². The van der Waals surface area contributed by atoms with Gasteiger partial charge in [0.15, 0.2) is 5.78 Å². The summed E-state index contributed by atoms with van der Waals surface area (Å²) in [6, 6.07) is 11.9. The number of benzene rings is 2. The normalized spacial score (nSPS) is 21.6. The van der Waals surface area contributed by atoms with Crippen molar-refractivity contribution in [2.45, 2.75) is 31.6 Å². The molecule has 0 aromatic heterocycles. The monoisotopic (exact) mass is 497 g/mol. The van der Waals surface area contributed by atoms with Crippen molar-refractivity contribution in [2.24, 2.45) is 5.73 Å².